The van der Waals surface area contributed by atoms with E-state index < -0.39 is 6.61 Å². The van der Waals surface area contributed by atoms with Crippen LogP contribution in [0.3, 0.4) is 0 Å². The summed E-state index contributed by atoms with van der Waals surface area (Å²) in [5.74, 6) is -0.745. The summed E-state index contributed by atoms with van der Waals surface area (Å²) < 4.78 is 39.1. The van der Waals surface area contributed by atoms with Crippen molar-refractivity contribution in [3.8, 4) is 11.5 Å². The van der Waals surface area contributed by atoms with E-state index in [4.69, 9.17) is 9.47 Å². The first-order chi connectivity index (χ1) is 12.9. The second-order valence-electron chi connectivity index (χ2n) is 6.00. The maximum Gasteiger partial charge on any atom is 0.387 e. The molecule has 1 atom stereocenters. The highest BCUT2D eigenvalue weighted by atomic mass is 19.3. The molecule has 1 aromatic rings. The number of halogens is 2. The van der Waals surface area contributed by atoms with E-state index in [9.17, 15) is 18.4 Å². The third-order valence-corrected chi connectivity index (χ3v) is 4.18. The summed E-state index contributed by atoms with van der Waals surface area (Å²) in [5, 5.41) is 0. The Hall–Kier alpha value is -2.64. The van der Waals surface area contributed by atoms with Crippen LogP contribution in [0.25, 0.3) is 6.08 Å². The van der Waals surface area contributed by atoms with Gasteiger partial charge in [-0.3, -0.25) is 9.59 Å². The van der Waals surface area contributed by atoms with Crippen LogP contribution in [0.5, 0.6) is 11.5 Å². The van der Waals surface area contributed by atoms with Crippen molar-refractivity contribution in [1.29, 1.82) is 0 Å². The molecule has 1 amide bonds. The lowest BCUT2D eigenvalue weighted by molar-refractivity contribution is -0.150. The average molecular weight is 383 g/mol. The minimum Gasteiger partial charge on any atom is -0.493 e. The predicted molar refractivity (Wildman–Crippen MR) is 94.6 cm³/mol. The van der Waals surface area contributed by atoms with Crippen LogP contribution < -0.4 is 9.47 Å². The molecule has 1 aliphatic heterocycles. The summed E-state index contributed by atoms with van der Waals surface area (Å²) in [6, 6.07) is 4.40. The fourth-order valence-corrected chi connectivity index (χ4v) is 2.88. The van der Waals surface area contributed by atoms with Crippen molar-refractivity contribution in [3.63, 3.8) is 0 Å². The van der Waals surface area contributed by atoms with Crippen LogP contribution in [0, 0.1) is 5.92 Å². The molecule has 0 radical (unpaired) electrons. The summed E-state index contributed by atoms with van der Waals surface area (Å²) >= 11 is 0. The molecule has 1 heterocycles. The van der Waals surface area contributed by atoms with Crippen molar-refractivity contribution >= 4 is 18.0 Å². The monoisotopic (exact) mass is 383 g/mol. The molecular formula is C19H23F2NO5. The molecule has 0 bridgehead atoms. The van der Waals surface area contributed by atoms with E-state index in [1.54, 1.807) is 24.0 Å². The molecule has 27 heavy (non-hydrogen) atoms. The smallest absolute Gasteiger partial charge is 0.387 e. The van der Waals surface area contributed by atoms with Gasteiger partial charge in [-0.15, -0.1) is 0 Å². The third-order valence-electron chi connectivity index (χ3n) is 4.18. The molecule has 1 unspecified atom stereocenters. The second kappa shape index (κ2) is 9.89. The molecule has 0 aliphatic carbocycles. The first-order valence-corrected chi connectivity index (χ1v) is 8.71. The van der Waals surface area contributed by atoms with Gasteiger partial charge in [0.1, 0.15) is 0 Å². The van der Waals surface area contributed by atoms with Crippen LogP contribution in [0.2, 0.25) is 0 Å². The number of hydrogen-bond donors (Lipinski definition) is 0. The van der Waals surface area contributed by atoms with Crippen molar-refractivity contribution in [2.24, 2.45) is 5.92 Å². The van der Waals surface area contributed by atoms with Gasteiger partial charge in [-0.05, 0) is 43.5 Å². The molecule has 0 saturated carbocycles. The number of rotatable bonds is 7. The molecule has 2 rings (SSSR count). The number of nitrogens with zero attached hydrogens (tertiary/aromatic N) is 1. The van der Waals surface area contributed by atoms with Gasteiger partial charge in [0.05, 0.1) is 19.6 Å². The quantitative estimate of drug-likeness (QED) is 0.535. The van der Waals surface area contributed by atoms with Crippen molar-refractivity contribution in [2.75, 3.05) is 26.8 Å². The topological polar surface area (TPSA) is 65.1 Å². The highest BCUT2D eigenvalue weighted by molar-refractivity contribution is 5.92. The van der Waals surface area contributed by atoms with Crippen LogP contribution >= 0.6 is 0 Å². The fourth-order valence-electron chi connectivity index (χ4n) is 2.88. The summed E-state index contributed by atoms with van der Waals surface area (Å²) in [6.07, 6.45) is 4.38. The minimum atomic E-state index is -2.95. The molecule has 0 N–H and O–H groups in total. The van der Waals surface area contributed by atoms with Gasteiger partial charge in [0, 0.05) is 19.2 Å². The fraction of sp³-hybridized carbons (Fsp3) is 0.474. The maximum absolute atomic E-state index is 12.4. The number of carbonyl (C=O) groups is 2. The molecule has 8 heteroatoms. The molecule has 1 fully saturated rings. The van der Waals surface area contributed by atoms with Gasteiger partial charge >= 0.3 is 12.6 Å². The van der Waals surface area contributed by atoms with E-state index in [2.05, 4.69) is 4.74 Å². The van der Waals surface area contributed by atoms with Crippen LogP contribution in [-0.2, 0) is 14.3 Å². The lowest BCUT2D eigenvalue weighted by atomic mass is 9.98. The predicted octanol–water partition coefficient (Wildman–Crippen LogP) is 3.11. The van der Waals surface area contributed by atoms with E-state index in [1.807, 2.05) is 0 Å². The number of benzene rings is 1. The van der Waals surface area contributed by atoms with Gasteiger partial charge in [-0.1, -0.05) is 6.07 Å². The Morgan fingerprint density at radius 1 is 1.33 bits per heavy atom. The zero-order valence-electron chi connectivity index (χ0n) is 15.3. The highest BCUT2D eigenvalue weighted by Crippen LogP contribution is 2.30. The number of methoxy groups -OCH3 is 1. The van der Waals surface area contributed by atoms with Crippen LogP contribution in [0.15, 0.2) is 24.3 Å². The number of piperidine rings is 1. The van der Waals surface area contributed by atoms with Crippen molar-refractivity contribution in [1.82, 2.24) is 4.90 Å². The molecule has 1 saturated heterocycles. The molecule has 0 spiro atoms. The van der Waals surface area contributed by atoms with E-state index in [0.717, 1.165) is 6.42 Å². The number of alkyl halides is 2. The Morgan fingerprint density at radius 3 is 2.78 bits per heavy atom. The number of ether oxygens (including phenoxy) is 3. The molecule has 1 aliphatic rings. The highest BCUT2D eigenvalue weighted by Gasteiger charge is 2.28. The van der Waals surface area contributed by atoms with Crippen molar-refractivity contribution in [2.45, 2.75) is 26.4 Å². The zero-order chi connectivity index (χ0) is 19.8. The van der Waals surface area contributed by atoms with E-state index in [1.165, 1.54) is 25.3 Å². The Balaban J connectivity index is 2.02. The lowest BCUT2D eigenvalue weighted by Crippen LogP contribution is -2.42. The van der Waals surface area contributed by atoms with Gasteiger partial charge in [0.15, 0.2) is 11.5 Å². The SMILES string of the molecule is CCOC(=O)C1CCCN(C(=O)/C=C/c2ccc(OC(F)F)c(OC)c2)C1. The second-order valence-corrected chi connectivity index (χ2v) is 6.00. The molecular weight excluding hydrogens is 360 g/mol. The number of likely N-dealkylation sites (tertiary alicyclic amines) is 1. The molecule has 1 aromatic carbocycles. The van der Waals surface area contributed by atoms with E-state index >= 15 is 0 Å². The largest absolute Gasteiger partial charge is 0.493 e. The van der Waals surface area contributed by atoms with E-state index in [0.29, 0.717) is 31.7 Å². The summed E-state index contributed by atoms with van der Waals surface area (Å²) in [5.41, 5.74) is 0.598. The first kappa shape index (κ1) is 20.7. The van der Waals surface area contributed by atoms with Crippen LogP contribution in [-0.4, -0.2) is 50.2 Å². The van der Waals surface area contributed by atoms with Gasteiger partial charge in [-0.25, -0.2) is 0 Å². The van der Waals surface area contributed by atoms with Crippen LogP contribution in [0.4, 0.5) is 8.78 Å². The number of esters is 1. The third kappa shape index (κ3) is 5.94. The number of carbonyl (C=O) groups excluding carboxylic acids is 2. The maximum atomic E-state index is 12.4. The van der Waals surface area contributed by atoms with Gasteiger partial charge in [-0.2, -0.15) is 8.78 Å². The van der Waals surface area contributed by atoms with Crippen LogP contribution in [0.1, 0.15) is 25.3 Å². The van der Waals surface area contributed by atoms with Gasteiger partial charge < -0.3 is 19.1 Å². The Kier molecular flexibility index (Phi) is 7.57. The summed E-state index contributed by atoms with van der Waals surface area (Å²) in [7, 11) is 1.34. The average Bonchev–Trinajstić information content (AvgIpc) is 2.66. The molecule has 148 valence electrons. The van der Waals surface area contributed by atoms with Gasteiger partial charge in [0.2, 0.25) is 5.91 Å². The Labute approximate surface area is 156 Å². The number of hydrogen-bond acceptors (Lipinski definition) is 5. The lowest BCUT2D eigenvalue weighted by Gasteiger charge is -2.30. The van der Waals surface area contributed by atoms with Crippen molar-refractivity contribution < 1.29 is 32.6 Å². The minimum absolute atomic E-state index is 0.0794. The first-order valence-electron chi connectivity index (χ1n) is 8.71. The van der Waals surface area contributed by atoms with Crippen molar-refractivity contribution in [3.05, 3.63) is 29.8 Å². The normalized spacial score (nSPS) is 17.2. The van der Waals surface area contributed by atoms with E-state index in [-0.39, 0.29) is 29.3 Å². The standard InChI is InChI=1S/C19H23F2NO5/c1-3-26-18(24)14-5-4-10-22(12-14)17(23)9-7-13-6-8-15(27-19(20)21)16(11-13)25-2/h6-9,11,14,19H,3-5,10,12H2,1-2H3/b9-7+. The number of amides is 1. The Morgan fingerprint density at radius 2 is 2.11 bits per heavy atom. The molecule has 6 nitrogen and oxygen atoms in total. The Bertz CT molecular complexity index is 693. The van der Waals surface area contributed by atoms with Gasteiger partial charge in [0.25, 0.3) is 0 Å². The summed E-state index contributed by atoms with van der Waals surface area (Å²) in [6.45, 7) is 0.0123. The molecule has 0 aromatic heterocycles. The zero-order valence-corrected chi connectivity index (χ0v) is 15.3. The summed E-state index contributed by atoms with van der Waals surface area (Å²) in [4.78, 5) is 25.9.